The van der Waals surface area contributed by atoms with Crippen LogP contribution in [0.2, 0.25) is 0 Å². The number of esters is 1. The first kappa shape index (κ1) is 12.0. The zero-order chi connectivity index (χ0) is 12.5. The quantitative estimate of drug-likeness (QED) is 0.764. The number of hydrogen-bond donors (Lipinski definition) is 0. The first-order valence-electron chi connectivity index (χ1n) is 5.52. The van der Waals surface area contributed by atoms with Crippen molar-refractivity contribution in [2.45, 2.75) is 31.6 Å². The van der Waals surface area contributed by atoms with Gasteiger partial charge >= 0.3 is 5.97 Å². The number of nitrogens with zero attached hydrogens (tertiary/aromatic N) is 1. The molecule has 0 atom stereocenters. The Morgan fingerprint density at radius 1 is 1.59 bits per heavy atom. The molecule has 1 heterocycles. The van der Waals surface area contributed by atoms with E-state index in [1.807, 2.05) is 0 Å². The molecule has 0 spiro atoms. The van der Waals surface area contributed by atoms with E-state index in [4.69, 9.17) is 4.74 Å². The second-order valence-corrected chi connectivity index (χ2v) is 4.14. The number of hydrogen-bond acceptors (Lipinski definition) is 3. The number of rotatable bonds is 3. The lowest BCUT2D eigenvalue weighted by atomic mass is 9.76. The Bertz CT molecular complexity index is 426. The molecule has 1 fully saturated rings. The number of carbonyl (C=O) groups excluding carboxylic acids is 1. The van der Waals surface area contributed by atoms with Gasteiger partial charge in [0.25, 0.3) is 0 Å². The minimum absolute atomic E-state index is 0.217. The van der Waals surface area contributed by atoms with Crippen molar-refractivity contribution in [1.29, 1.82) is 0 Å². The van der Waals surface area contributed by atoms with E-state index in [0.717, 1.165) is 0 Å². The van der Waals surface area contributed by atoms with Crippen LogP contribution in [0.1, 0.15) is 41.6 Å². The van der Waals surface area contributed by atoms with Gasteiger partial charge in [0.15, 0.2) is 0 Å². The predicted octanol–water partition coefficient (Wildman–Crippen LogP) is 2.77. The molecule has 0 radical (unpaired) electrons. The number of pyridine rings is 1. The highest BCUT2D eigenvalue weighted by atomic mass is 19.3. The summed E-state index contributed by atoms with van der Waals surface area (Å²) in [5.74, 6) is -3.37. The average Bonchev–Trinajstić information content (AvgIpc) is 2.26. The minimum Gasteiger partial charge on any atom is -0.462 e. The van der Waals surface area contributed by atoms with Gasteiger partial charge in [-0.1, -0.05) is 0 Å². The molecule has 0 aliphatic heterocycles. The summed E-state index contributed by atoms with van der Waals surface area (Å²) in [6.07, 6.45) is 2.51. The normalized spacial score (nSPS) is 18.5. The molecule has 1 saturated carbocycles. The first-order valence-corrected chi connectivity index (χ1v) is 5.52. The lowest BCUT2D eigenvalue weighted by Crippen LogP contribution is -2.34. The van der Waals surface area contributed by atoms with Crippen LogP contribution in [0.25, 0.3) is 0 Å². The molecule has 2 rings (SSSR count). The van der Waals surface area contributed by atoms with Crippen LogP contribution >= 0.6 is 0 Å². The van der Waals surface area contributed by atoms with Gasteiger partial charge in [0.2, 0.25) is 5.92 Å². The van der Waals surface area contributed by atoms with Gasteiger partial charge in [0, 0.05) is 25.2 Å². The van der Waals surface area contributed by atoms with E-state index < -0.39 is 11.9 Å². The number of halogens is 2. The summed E-state index contributed by atoms with van der Waals surface area (Å²) in [6, 6.07) is 1.52. The second-order valence-electron chi connectivity index (χ2n) is 4.14. The minimum atomic E-state index is -2.60. The number of alkyl halides is 2. The van der Waals surface area contributed by atoms with Crippen LogP contribution in [-0.4, -0.2) is 23.5 Å². The highest BCUT2D eigenvalue weighted by Crippen LogP contribution is 2.48. The number of aromatic nitrogens is 1. The molecule has 0 aromatic carbocycles. The summed E-state index contributed by atoms with van der Waals surface area (Å²) >= 11 is 0. The van der Waals surface area contributed by atoms with Crippen LogP contribution < -0.4 is 0 Å². The van der Waals surface area contributed by atoms with Crippen molar-refractivity contribution in [2.24, 2.45) is 0 Å². The number of carbonyl (C=O) groups is 1. The van der Waals surface area contributed by atoms with Gasteiger partial charge in [-0.2, -0.15) is 0 Å². The lowest BCUT2D eigenvalue weighted by Gasteiger charge is -2.35. The molecule has 17 heavy (non-hydrogen) atoms. The standard InChI is InChI=1S/C12H13F2NO2/c1-2-17-11(16)9-3-4-15-7-10(9)8-5-12(13,14)6-8/h3-4,7-8H,2,5-6H2,1H3. The Hall–Kier alpha value is -1.52. The summed E-state index contributed by atoms with van der Waals surface area (Å²) in [7, 11) is 0. The molecule has 0 amide bonds. The first-order chi connectivity index (χ1) is 8.03. The Labute approximate surface area is 97.8 Å². The Morgan fingerprint density at radius 3 is 2.88 bits per heavy atom. The molecule has 1 aliphatic rings. The summed E-state index contributed by atoms with van der Waals surface area (Å²) in [5, 5.41) is 0. The molecule has 1 aliphatic carbocycles. The van der Waals surface area contributed by atoms with E-state index in [1.165, 1.54) is 18.5 Å². The van der Waals surface area contributed by atoms with Gasteiger partial charge in [0.05, 0.1) is 12.2 Å². The SMILES string of the molecule is CCOC(=O)c1ccncc1C1CC(F)(F)C1. The van der Waals surface area contributed by atoms with Crippen molar-refractivity contribution in [1.82, 2.24) is 4.98 Å². The van der Waals surface area contributed by atoms with Gasteiger partial charge in [-0.05, 0) is 24.5 Å². The molecule has 92 valence electrons. The van der Waals surface area contributed by atoms with E-state index >= 15 is 0 Å². The van der Waals surface area contributed by atoms with Gasteiger partial charge in [-0.15, -0.1) is 0 Å². The van der Waals surface area contributed by atoms with Gasteiger partial charge in [-0.3, -0.25) is 4.98 Å². The largest absolute Gasteiger partial charge is 0.462 e. The van der Waals surface area contributed by atoms with Crippen LogP contribution in [-0.2, 0) is 4.74 Å². The van der Waals surface area contributed by atoms with Crippen LogP contribution in [0.5, 0.6) is 0 Å². The zero-order valence-electron chi connectivity index (χ0n) is 9.45. The van der Waals surface area contributed by atoms with E-state index in [0.29, 0.717) is 11.1 Å². The van der Waals surface area contributed by atoms with Crippen molar-refractivity contribution in [3.8, 4) is 0 Å². The maximum Gasteiger partial charge on any atom is 0.338 e. The molecule has 0 unspecified atom stereocenters. The van der Waals surface area contributed by atoms with E-state index in [-0.39, 0.29) is 25.4 Å². The molecular weight excluding hydrogens is 228 g/mol. The lowest BCUT2D eigenvalue weighted by molar-refractivity contribution is -0.0870. The van der Waals surface area contributed by atoms with Gasteiger partial charge < -0.3 is 4.74 Å². The fourth-order valence-corrected chi connectivity index (χ4v) is 2.01. The van der Waals surface area contributed by atoms with Crippen LogP contribution in [0.3, 0.4) is 0 Å². The van der Waals surface area contributed by atoms with Crippen molar-refractivity contribution < 1.29 is 18.3 Å². The van der Waals surface area contributed by atoms with Gasteiger partial charge in [0.1, 0.15) is 0 Å². The van der Waals surface area contributed by atoms with E-state index in [1.54, 1.807) is 6.92 Å². The third kappa shape index (κ3) is 2.43. The number of ether oxygens (including phenoxy) is 1. The summed E-state index contributed by atoms with van der Waals surface area (Å²) < 4.78 is 30.5. The maximum absolute atomic E-state index is 12.8. The Balaban J connectivity index is 2.20. The van der Waals surface area contributed by atoms with Crippen molar-refractivity contribution in [2.75, 3.05) is 6.61 Å². The third-order valence-corrected chi connectivity index (χ3v) is 2.88. The highest BCUT2D eigenvalue weighted by Gasteiger charge is 2.47. The summed E-state index contributed by atoms with van der Waals surface area (Å²) in [6.45, 7) is 1.97. The van der Waals surface area contributed by atoms with Gasteiger partial charge in [-0.25, -0.2) is 13.6 Å². The zero-order valence-corrected chi connectivity index (χ0v) is 9.45. The average molecular weight is 241 g/mol. The smallest absolute Gasteiger partial charge is 0.338 e. The molecule has 5 heteroatoms. The molecule has 0 N–H and O–H groups in total. The van der Waals surface area contributed by atoms with Crippen molar-refractivity contribution in [3.05, 3.63) is 29.6 Å². The maximum atomic E-state index is 12.8. The topological polar surface area (TPSA) is 39.2 Å². The fourth-order valence-electron chi connectivity index (χ4n) is 2.01. The van der Waals surface area contributed by atoms with Crippen LogP contribution in [0, 0.1) is 0 Å². The summed E-state index contributed by atoms with van der Waals surface area (Å²) in [5.41, 5.74) is 0.916. The summed E-state index contributed by atoms with van der Waals surface area (Å²) in [4.78, 5) is 15.5. The third-order valence-electron chi connectivity index (χ3n) is 2.88. The van der Waals surface area contributed by atoms with Crippen molar-refractivity contribution in [3.63, 3.8) is 0 Å². The Morgan fingerprint density at radius 2 is 2.29 bits per heavy atom. The Kier molecular flexibility index (Phi) is 3.09. The predicted molar refractivity (Wildman–Crippen MR) is 57.1 cm³/mol. The molecule has 1 aromatic heterocycles. The monoisotopic (exact) mass is 241 g/mol. The van der Waals surface area contributed by atoms with Crippen LogP contribution in [0.15, 0.2) is 18.5 Å². The van der Waals surface area contributed by atoms with Crippen LogP contribution in [0.4, 0.5) is 8.78 Å². The highest BCUT2D eigenvalue weighted by molar-refractivity contribution is 5.91. The molecule has 1 aromatic rings. The van der Waals surface area contributed by atoms with Crippen molar-refractivity contribution >= 4 is 5.97 Å². The second kappa shape index (κ2) is 4.39. The molecule has 0 bridgehead atoms. The van der Waals surface area contributed by atoms with E-state index in [9.17, 15) is 13.6 Å². The fraction of sp³-hybridized carbons (Fsp3) is 0.500. The van der Waals surface area contributed by atoms with E-state index in [2.05, 4.69) is 4.98 Å². The molecule has 3 nitrogen and oxygen atoms in total. The molecular formula is C12H13F2NO2. The molecule has 0 saturated heterocycles.